The van der Waals surface area contributed by atoms with Crippen LogP contribution in [0.25, 0.3) is 0 Å². The second-order valence-corrected chi connectivity index (χ2v) is 11.5. The van der Waals surface area contributed by atoms with Crippen molar-refractivity contribution in [3.8, 4) is 0 Å². The molecule has 7 nitrogen and oxygen atoms in total. The van der Waals surface area contributed by atoms with E-state index >= 15 is 0 Å². The lowest BCUT2D eigenvalue weighted by atomic mass is 10.0. The van der Waals surface area contributed by atoms with Crippen LogP contribution < -0.4 is 4.89 Å². The smallest absolute Gasteiger partial charge is 0.268 e. The van der Waals surface area contributed by atoms with Gasteiger partial charge in [-0.05, 0) is 6.42 Å². The van der Waals surface area contributed by atoms with Crippen LogP contribution >= 0.6 is 7.82 Å². The normalized spacial score (nSPS) is 17.5. The molecule has 8 heteroatoms. The summed E-state index contributed by atoms with van der Waals surface area (Å²) >= 11 is 0. The first-order valence-corrected chi connectivity index (χ1v) is 14.7. The van der Waals surface area contributed by atoms with Crippen LogP contribution in [0.4, 0.5) is 0 Å². The molecule has 2 atom stereocenters. The number of nitrogens with zero attached hydrogens (tertiary/aromatic N) is 1. The van der Waals surface area contributed by atoms with Crippen LogP contribution in [0.5, 0.6) is 0 Å². The van der Waals surface area contributed by atoms with Crippen LogP contribution in [-0.2, 0) is 18.3 Å². The topological polar surface area (TPSA) is 88.0 Å². The van der Waals surface area contributed by atoms with Gasteiger partial charge in [-0.25, -0.2) is 0 Å². The third-order valence-corrected chi connectivity index (χ3v) is 6.33. The van der Waals surface area contributed by atoms with E-state index < -0.39 is 33.3 Å². The first kappa shape index (κ1) is 27.0. The molecular formula is C26H56NO6P. The molecule has 0 aromatic rings. The zero-order valence-corrected chi connectivity index (χ0v) is 23.3. The molecule has 0 aliphatic rings. The summed E-state index contributed by atoms with van der Waals surface area (Å²) in [5, 5.41) is 9.86. The average molecular weight is 514 g/mol. The number of rotatable bonds is 26. The highest BCUT2D eigenvalue weighted by atomic mass is 31.2. The Hall–Kier alpha value is -0.0100. The van der Waals surface area contributed by atoms with E-state index in [1.54, 1.807) is 0 Å². The predicted molar refractivity (Wildman–Crippen MR) is 139 cm³/mol. The lowest BCUT2D eigenvalue weighted by Crippen LogP contribution is -2.37. The van der Waals surface area contributed by atoms with E-state index in [9.17, 15) is 14.6 Å². The maximum Gasteiger partial charge on any atom is 0.268 e. The highest BCUT2D eigenvalue weighted by Crippen LogP contribution is 2.38. The van der Waals surface area contributed by atoms with Crippen molar-refractivity contribution in [2.75, 3.05) is 54.1 Å². The molecule has 0 amide bonds. The lowest BCUT2D eigenvalue weighted by Gasteiger charge is -2.27. The number of unbranched alkanes of at least 4 members (excludes halogenated alkanes) is 10. The zero-order chi connectivity index (χ0) is 29.1. The van der Waals surface area contributed by atoms with E-state index in [-0.39, 0.29) is 26.1 Å². The highest BCUT2D eigenvalue weighted by Gasteiger charge is 2.15. The van der Waals surface area contributed by atoms with Gasteiger partial charge in [0.1, 0.15) is 19.3 Å². The molecule has 0 saturated heterocycles. The third kappa shape index (κ3) is 26.6. The van der Waals surface area contributed by atoms with Crippen LogP contribution in [0.3, 0.4) is 0 Å². The molecule has 206 valence electrons. The molecule has 0 spiro atoms. The van der Waals surface area contributed by atoms with Crippen molar-refractivity contribution < 1.29 is 38.3 Å². The van der Waals surface area contributed by atoms with E-state index in [4.69, 9.17) is 19.3 Å². The summed E-state index contributed by atoms with van der Waals surface area (Å²) in [5.41, 5.74) is 0. The average Bonchev–Trinajstić information content (AvgIpc) is 2.80. The molecule has 0 aromatic heterocycles. The Morgan fingerprint density at radius 1 is 0.794 bits per heavy atom. The van der Waals surface area contributed by atoms with Crippen molar-refractivity contribution in [1.82, 2.24) is 0 Å². The van der Waals surface area contributed by atoms with Gasteiger partial charge in [-0.1, -0.05) is 103 Å². The standard InChI is InChI=1S/C26H56NO6P/c1-5-6-7-8-9-10-11-12-13-14-15-16-17-18-19-20-22-31-24-26(28)25-33-34(29,30)32-23-21-27(2,3)4/h26,28H,5-25H2,1-4H3/t26-/m1/s1/i13D2,14D2. The number of aliphatic hydroxyl groups is 1. The molecule has 0 heterocycles. The summed E-state index contributed by atoms with van der Waals surface area (Å²) in [5.74, 6) is 0. The van der Waals surface area contributed by atoms with Crippen molar-refractivity contribution in [2.24, 2.45) is 0 Å². The molecule has 0 rings (SSSR count). The Morgan fingerprint density at radius 3 is 1.82 bits per heavy atom. The molecule has 0 bridgehead atoms. The molecule has 0 aromatic carbocycles. The Bertz CT molecular complexity index is 637. The summed E-state index contributed by atoms with van der Waals surface area (Å²) in [7, 11) is 1.30. The maximum absolute atomic E-state index is 11.7. The Morgan fingerprint density at radius 2 is 1.29 bits per heavy atom. The largest absolute Gasteiger partial charge is 0.756 e. The number of aliphatic hydroxyl groups excluding tert-OH is 1. The first-order valence-electron chi connectivity index (χ1n) is 15.3. The number of phosphoric acid groups is 1. The summed E-state index contributed by atoms with van der Waals surface area (Å²) in [6.45, 7) is 2.67. The fraction of sp³-hybridized carbons (Fsp3) is 1.00. The van der Waals surface area contributed by atoms with Crippen LogP contribution in [0.2, 0.25) is 0 Å². The second-order valence-electron chi connectivity index (χ2n) is 10.1. The van der Waals surface area contributed by atoms with E-state index in [0.29, 0.717) is 24.1 Å². The minimum atomic E-state index is -4.45. The summed E-state index contributed by atoms with van der Waals surface area (Å²) in [6, 6.07) is 0. The number of likely N-dealkylation sites (N-methyl/N-ethyl adjacent to an activating group) is 1. The SMILES string of the molecule is [2H]C([2H])(CCCCCCCCC)C([2H])([2H])CCCCCCCOC[C@@H](O)COP(=O)([O-])OCC[N+](C)(C)C. The van der Waals surface area contributed by atoms with Gasteiger partial charge in [0, 0.05) is 12.1 Å². The predicted octanol–water partition coefficient (Wildman–Crippen LogP) is 5.83. The Kier molecular flexibility index (Phi) is 17.7. The van der Waals surface area contributed by atoms with Crippen molar-refractivity contribution >= 4 is 7.82 Å². The van der Waals surface area contributed by atoms with E-state index in [1.165, 1.54) is 25.7 Å². The number of quaternary nitrogens is 1. The van der Waals surface area contributed by atoms with Crippen LogP contribution in [0.1, 0.15) is 115 Å². The molecular weight excluding hydrogens is 453 g/mol. The van der Waals surface area contributed by atoms with Gasteiger partial charge in [-0.2, -0.15) is 0 Å². The molecule has 1 unspecified atom stereocenters. The minimum absolute atomic E-state index is 0.00773. The van der Waals surface area contributed by atoms with Gasteiger partial charge in [0.15, 0.2) is 0 Å². The molecule has 0 fully saturated rings. The molecule has 0 saturated carbocycles. The fourth-order valence-electron chi connectivity index (χ4n) is 3.20. The molecule has 0 aliphatic carbocycles. The number of hydrogen-bond donors (Lipinski definition) is 1. The van der Waals surface area contributed by atoms with Gasteiger partial charge in [0.05, 0.1) is 34.4 Å². The molecule has 0 radical (unpaired) electrons. The Balaban J connectivity index is 3.83. The van der Waals surface area contributed by atoms with Crippen molar-refractivity contribution in [3.05, 3.63) is 0 Å². The van der Waals surface area contributed by atoms with Crippen molar-refractivity contribution in [1.29, 1.82) is 0 Å². The van der Waals surface area contributed by atoms with E-state index in [0.717, 1.165) is 44.9 Å². The minimum Gasteiger partial charge on any atom is -0.756 e. The highest BCUT2D eigenvalue weighted by molar-refractivity contribution is 7.45. The van der Waals surface area contributed by atoms with Crippen LogP contribution in [0, 0.1) is 0 Å². The first-order chi connectivity index (χ1) is 17.6. The van der Waals surface area contributed by atoms with Gasteiger partial charge >= 0.3 is 0 Å². The van der Waals surface area contributed by atoms with Crippen LogP contribution in [-0.4, -0.2) is 69.8 Å². The van der Waals surface area contributed by atoms with Gasteiger partial charge in [-0.3, -0.25) is 4.57 Å². The summed E-state index contributed by atoms with van der Waals surface area (Å²) in [4.78, 5) is 11.7. The van der Waals surface area contributed by atoms with Gasteiger partial charge in [0.25, 0.3) is 7.82 Å². The number of hydrogen-bond acceptors (Lipinski definition) is 6. The second kappa shape index (κ2) is 22.2. The van der Waals surface area contributed by atoms with E-state index in [1.807, 2.05) is 21.1 Å². The van der Waals surface area contributed by atoms with Crippen LogP contribution in [0.15, 0.2) is 0 Å². The molecule has 34 heavy (non-hydrogen) atoms. The van der Waals surface area contributed by atoms with Crippen molar-refractivity contribution in [2.45, 2.75) is 116 Å². The third-order valence-electron chi connectivity index (χ3n) is 5.37. The van der Waals surface area contributed by atoms with Crippen molar-refractivity contribution in [3.63, 3.8) is 0 Å². The number of phosphoric ester groups is 1. The lowest BCUT2D eigenvalue weighted by molar-refractivity contribution is -0.870. The maximum atomic E-state index is 11.7. The van der Waals surface area contributed by atoms with Gasteiger partial charge < -0.3 is 28.3 Å². The quantitative estimate of drug-likeness (QED) is 0.0889. The van der Waals surface area contributed by atoms with Gasteiger partial charge in [0.2, 0.25) is 0 Å². The monoisotopic (exact) mass is 513 g/mol. The van der Waals surface area contributed by atoms with E-state index in [2.05, 4.69) is 6.92 Å². The summed E-state index contributed by atoms with van der Waals surface area (Å²) < 4.78 is 60.1. The molecule has 0 aliphatic heterocycles. The Labute approximate surface area is 216 Å². The zero-order valence-electron chi connectivity index (χ0n) is 26.4. The van der Waals surface area contributed by atoms with Gasteiger partial charge in [-0.15, -0.1) is 0 Å². The fourth-order valence-corrected chi connectivity index (χ4v) is 3.94. The number of ether oxygens (including phenoxy) is 1. The molecule has 1 N–H and O–H groups in total. The summed E-state index contributed by atoms with van der Waals surface area (Å²) in [6.07, 6.45) is 7.52.